The molecular weight excluding hydrogens is 538 g/mol. The molecule has 0 unspecified atom stereocenters. The van der Waals surface area contributed by atoms with Crippen molar-refractivity contribution in [2.45, 2.75) is 13.1 Å². The minimum Gasteiger partial charge on any atom is -0.353 e. The lowest BCUT2D eigenvalue weighted by Gasteiger charge is -2.38. The number of piperazine rings is 2. The second kappa shape index (κ2) is 10.8. The van der Waals surface area contributed by atoms with Crippen molar-refractivity contribution in [2.24, 2.45) is 0 Å². The monoisotopic (exact) mass is 563 g/mol. The van der Waals surface area contributed by atoms with Gasteiger partial charge in [-0.2, -0.15) is 18.2 Å². The van der Waals surface area contributed by atoms with Gasteiger partial charge < -0.3 is 19.6 Å². The van der Waals surface area contributed by atoms with Crippen molar-refractivity contribution in [3.63, 3.8) is 0 Å². The lowest BCUT2D eigenvalue weighted by atomic mass is 10.1. The number of benzene rings is 1. The maximum atomic E-state index is 13.8. The molecule has 1 amide bonds. The number of carbonyl (C=O) groups excluding carboxylic acids is 1. The van der Waals surface area contributed by atoms with Crippen LogP contribution in [0.5, 0.6) is 0 Å². The average Bonchev–Trinajstić information content (AvgIpc) is 2.94. The molecule has 3 aromatic rings. The van der Waals surface area contributed by atoms with Gasteiger partial charge in [0.1, 0.15) is 17.5 Å². The Bertz CT molecular complexity index is 1360. The van der Waals surface area contributed by atoms with Gasteiger partial charge in [-0.3, -0.25) is 4.79 Å². The minimum atomic E-state index is -4.50. The molecule has 0 N–H and O–H groups in total. The topological polar surface area (TPSA) is 68.7 Å². The number of pyridine rings is 1. The number of aromatic nitrogens is 3. The van der Waals surface area contributed by atoms with E-state index in [4.69, 9.17) is 21.6 Å². The molecule has 206 valence electrons. The second-order valence-corrected chi connectivity index (χ2v) is 9.79. The highest BCUT2D eigenvalue weighted by Crippen LogP contribution is 2.36. The van der Waals surface area contributed by atoms with Crippen molar-refractivity contribution in [3.05, 3.63) is 59.0 Å². The lowest BCUT2D eigenvalue weighted by molar-refractivity contribution is -0.137. The summed E-state index contributed by atoms with van der Waals surface area (Å²) < 4.78 is 54.5. The Hall–Kier alpha value is -3.67. The normalized spacial score (nSPS) is 16.6. The van der Waals surface area contributed by atoms with Crippen molar-refractivity contribution in [1.82, 2.24) is 19.9 Å². The third-order valence-electron chi connectivity index (χ3n) is 6.92. The quantitative estimate of drug-likeness (QED) is 0.437. The maximum absolute atomic E-state index is 13.8. The molecule has 2 aliphatic rings. The van der Waals surface area contributed by atoms with Crippen LogP contribution in [0.1, 0.15) is 12.5 Å². The molecule has 13 heteroatoms. The number of hydrogen-bond donors (Lipinski definition) is 0. The third kappa shape index (κ3) is 5.85. The number of amides is 1. The predicted molar refractivity (Wildman–Crippen MR) is 141 cm³/mol. The molecule has 1 aromatic carbocycles. The molecule has 0 radical (unpaired) electrons. The van der Waals surface area contributed by atoms with E-state index >= 15 is 0 Å². The molecule has 5 rings (SSSR count). The van der Waals surface area contributed by atoms with Crippen molar-refractivity contribution in [1.29, 1.82) is 0 Å². The first-order valence-electron chi connectivity index (χ1n) is 12.5. The van der Waals surface area contributed by atoms with Gasteiger partial charge in [-0.15, -0.1) is 0 Å². The number of hydrogen-bond acceptors (Lipinski definition) is 7. The summed E-state index contributed by atoms with van der Waals surface area (Å²) >= 11 is 6.04. The molecule has 4 heterocycles. The third-order valence-corrected chi connectivity index (χ3v) is 7.21. The summed E-state index contributed by atoms with van der Waals surface area (Å²) in [7, 11) is 0. The van der Waals surface area contributed by atoms with E-state index < -0.39 is 17.6 Å². The summed E-state index contributed by atoms with van der Waals surface area (Å²) in [4.78, 5) is 32.6. The van der Waals surface area contributed by atoms with E-state index in [1.807, 2.05) is 9.80 Å². The van der Waals surface area contributed by atoms with E-state index in [9.17, 15) is 22.4 Å². The molecule has 0 saturated carbocycles. The Balaban J connectivity index is 1.42. The highest BCUT2D eigenvalue weighted by atomic mass is 35.5. The summed E-state index contributed by atoms with van der Waals surface area (Å²) in [6, 6.07) is 8.45. The zero-order valence-corrected chi connectivity index (χ0v) is 21.9. The largest absolute Gasteiger partial charge is 0.419 e. The molecule has 2 saturated heterocycles. The van der Waals surface area contributed by atoms with E-state index in [0.29, 0.717) is 75.4 Å². The van der Waals surface area contributed by atoms with Gasteiger partial charge in [0, 0.05) is 77.1 Å². The zero-order valence-electron chi connectivity index (χ0n) is 21.1. The van der Waals surface area contributed by atoms with Gasteiger partial charge in [-0.25, -0.2) is 14.4 Å². The van der Waals surface area contributed by atoms with Gasteiger partial charge >= 0.3 is 6.18 Å². The number of anilines is 3. The van der Waals surface area contributed by atoms with Crippen LogP contribution in [0.2, 0.25) is 5.02 Å². The Kier molecular flexibility index (Phi) is 7.48. The van der Waals surface area contributed by atoms with Crippen LogP contribution in [-0.4, -0.2) is 78.1 Å². The smallest absolute Gasteiger partial charge is 0.353 e. The predicted octanol–water partition coefficient (Wildman–Crippen LogP) is 4.35. The van der Waals surface area contributed by atoms with Crippen LogP contribution in [0, 0.1) is 5.82 Å². The molecule has 8 nitrogen and oxygen atoms in total. The summed E-state index contributed by atoms with van der Waals surface area (Å²) in [6.45, 7) is 5.13. The molecule has 2 aliphatic heterocycles. The van der Waals surface area contributed by atoms with E-state index in [2.05, 4.69) is 4.98 Å². The maximum Gasteiger partial charge on any atom is 0.419 e. The second-order valence-electron chi connectivity index (χ2n) is 9.38. The van der Waals surface area contributed by atoms with Crippen molar-refractivity contribution >= 4 is 35.1 Å². The molecule has 0 spiro atoms. The Morgan fingerprint density at radius 2 is 1.56 bits per heavy atom. The highest BCUT2D eigenvalue weighted by molar-refractivity contribution is 6.31. The summed E-state index contributed by atoms with van der Waals surface area (Å²) in [5, 5.41) is -0.0336. The van der Waals surface area contributed by atoms with Gasteiger partial charge in [0.05, 0.1) is 16.3 Å². The highest BCUT2D eigenvalue weighted by Gasteiger charge is 2.36. The van der Waals surface area contributed by atoms with E-state index in [-0.39, 0.29) is 16.7 Å². The Morgan fingerprint density at radius 1 is 0.897 bits per heavy atom. The Morgan fingerprint density at radius 3 is 2.21 bits per heavy atom. The SMILES string of the molecule is CC(=O)N1CCN(c2nc(-c3ccc(F)c(Cl)c3)cc(N3CCN(c4ncccc4C(F)(F)F)CC3)n2)CC1. The van der Waals surface area contributed by atoms with E-state index in [1.54, 1.807) is 21.9 Å². The molecule has 0 bridgehead atoms. The first-order valence-corrected chi connectivity index (χ1v) is 12.8. The number of halogens is 5. The number of nitrogens with zero attached hydrogens (tertiary/aromatic N) is 7. The van der Waals surface area contributed by atoms with Gasteiger partial charge in [0.25, 0.3) is 0 Å². The fourth-order valence-electron chi connectivity index (χ4n) is 4.77. The van der Waals surface area contributed by atoms with E-state index in [0.717, 1.165) is 6.07 Å². The first kappa shape index (κ1) is 26.9. The molecule has 2 aromatic heterocycles. The fourth-order valence-corrected chi connectivity index (χ4v) is 4.95. The van der Waals surface area contributed by atoms with Gasteiger partial charge in [-0.05, 0) is 30.3 Å². The number of carbonyl (C=O) groups is 1. The van der Waals surface area contributed by atoms with Crippen LogP contribution in [0.3, 0.4) is 0 Å². The fraction of sp³-hybridized carbons (Fsp3) is 0.385. The number of rotatable bonds is 4. The van der Waals surface area contributed by atoms with Gasteiger partial charge in [0.15, 0.2) is 0 Å². The van der Waals surface area contributed by atoms with Crippen LogP contribution >= 0.6 is 11.6 Å². The van der Waals surface area contributed by atoms with Crippen molar-refractivity contribution < 1.29 is 22.4 Å². The van der Waals surface area contributed by atoms with E-state index in [1.165, 1.54) is 31.3 Å². The van der Waals surface area contributed by atoms with Crippen molar-refractivity contribution in [3.8, 4) is 11.3 Å². The summed E-state index contributed by atoms with van der Waals surface area (Å²) in [6.07, 6.45) is -3.14. The van der Waals surface area contributed by atoms with Crippen LogP contribution in [0.25, 0.3) is 11.3 Å². The first-order chi connectivity index (χ1) is 18.6. The molecule has 39 heavy (non-hydrogen) atoms. The standard InChI is InChI=1S/C26H26ClF4N7O/c1-17(39)35-7-13-38(14-8-35)25-33-22(18-4-5-21(28)20(27)15-18)16-23(34-25)36-9-11-37(12-10-36)24-19(26(29,30)31)3-2-6-32-24/h2-6,15-16H,7-14H2,1H3. The molecule has 0 atom stereocenters. The van der Waals surface area contributed by atoms with Crippen molar-refractivity contribution in [2.75, 3.05) is 67.1 Å². The average molecular weight is 564 g/mol. The van der Waals surface area contributed by atoms with Crippen LogP contribution in [0.15, 0.2) is 42.6 Å². The van der Waals surface area contributed by atoms with Crippen LogP contribution < -0.4 is 14.7 Å². The zero-order chi connectivity index (χ0) is 27.7. The van der Waals surface area contributed by atoms with Crippen LogP contribution in [-0.2, 0) is 11.0 Å². The summed E-state index contributed by atoms with van der Waals surface area (Å²) in [5.74, 6) is 0.432. The van der Waals surface area contributed by atoms with Crippen LogP contribution in [0.4, 0.5) is 35.1 Å². The minimum absolute atomic E-state index is 0.00502. The van der Waals surface area contributed by atoms with Gasteiger partial charge in [-0.1, -0.05) is 11.6 Å². The Labute approximate surface area is 227 Å². The summed E-state index contributed by atoms with van der Waals surface area (Å²) in [5.41, 5.74) is 0.385. The van der Waals surface area contributed by atoms with Gasteiger partial charge in [0.2, 0.25) is 11.9 Å². The molecule has 2 fully saturated rings. The number of alkyl halides is 3. The lowest BCUT2D eigenvalue weighted by Crippen LogP contribution is -2.49. The molecule has 0 aliphatic carbocycles. The molecular formula is C26H26ClF4N7O.